The van der Waals surface area contributed by atoms with E-state index in [9.17, 15) is 0 Å². The van der Waals surface area contributed by atoms with Gasteiger partial charge in [0.15, 0.2) is 8.32 Å². The van der Waals surface area contributed by atoms with E-state index in [1.54, 1.807) is 0 Å². The van der Waals surface area contributed by atoms with Gasteiger partial charge in [0, 0.05) is 6.42 Å². The lowest BCUT2D eigenvalue weighted by atomic mass is 10.2. The third-order valence-corrected chi connectivity index (χ3v) is 16.8. The van der Waals surface area contributed by atoms with E-state index in [-0.39, 0.29) is 11.1 Å². The molecule has 0 unspecified atom stereocenters. The van der Waals surface area contributed by atoms with Gasteiger partial charge in [0.05, 0.1) is 12.3 Å². The number of hydrogen-bond donors (Lipinski definition) is 0. The van der Waals surface area contributed by atoms with Gasteiger partial charge in [-0.1, -0.05) is 119 Å². The maximum absolute atomic E-state index is 6.76. The van der Waals surface area contributed by atoms with Crippen LogP contribution in [0.25, 0.3) is 0 Å². The van der Waals surface area contributed by atoms with Crippen molar-refractivity contribution in [1.82, 2.24) is 0 Å². The number of allylic oxidation sites excluding steroid dienone is 4. The fourth-order valence-corrected chi connectivity index (χ4v) is 10.2. The van der Waals surface area contributed by atoms with Gasteiger partial charge in [0.2, 0.25) is 0 Å². The minimum absolute atomic E-state index is 0.114. The van der Waals surface area contributed by atoms with Gasteiger partial charge in [-0.05, 0) is 67.4 Å². The molecule has 0 saturated heterocycles. The molecule has 0 bridgehead atoms. The van der Waals surface area contributed by atoms with Crippen molar-refractivity contribution >= 4 is 31.5 Å². The quantitative estimate of drug-likeness (QED) is 0.0884. The first-order valence-corrected chi connectivity index (χ1v) is 19.3. The van der Waals surface area contributed by atoms with Crippen molar-refractivity contribution in [2.24, 2.45) is 0 Å². The van der Waals surface area contributed by atoms with Crippen LogP contribution in [-0.4, -0.2) is 20.6 Å². The zero-order valence-corrected chi connectivity index (χ0v) is 26.8. The summed E-state index contributed by atoms with van der Waals surface area (Å²) in [4.78, 5) is 0. The Morgan fingerprint density at radius 3 is 1.64 bits per heavy atom. The van der Waals surface area contributed by atoms with Crippen LogP contribution >= 0.6 is 7.26 Å². The molecule has 0 heterocycles. The maximum atomic E-state index is 6.76. The van der Waals surface area contributed by atoms with E-state index < -0.39 is 15.6 Å². The molecule has 3 heteroatoms. The molecule has 0 aliphatic carbocycles. The van der Waals surface area contributed by atoms with Gasteiger partial charge in [-0.15, -0.1) is 0 Å². The summed E-state index contributed by atoms with van der Waals surface area (Å²) in [6, 6.07) is 33.4. The Morgan fingerprint density at radius 1 is 0.718 bits per heavy atom. The molecular formula is C36H48OPSi+. The van der Waals surface area contributed by atoms with Crippen molar-refractivity contribution in [2.45, 2.75) is 71.2 Å². The standard InChI is InChI=1S/C36H48OPSi/c1-7-8-14-23-32(37-39(5,6)36(2,3)4)24-15-9-10-22-31-38(33-25-16-11-17-26-33,34-27-18-12-19-28-34)35-29-20-13-21-30-35/h8-21,24-30,32H,7,22-23,31H2,1-6H3/q+1/b10-9-,14-8-,24-15+/t32-/m0/s1. The zero-order chi connectivity index (χ0) is 28.2. The molecule has 0 aliphatic rings. The Bertz CT molecular complexity index is 1090. The Labute approximate surface area is 240 Å². The van der Waals surface area contributed by atoms with Crippen LogP contribution in [0.5, 0.6) is 0 Å². The summed E-state index contributed by atoms with van der Waals surface area (Å²) in [5.41, 5.74) is 0. The number of hydrogen-bond acceptors (Lipinski definition) is 1. The molecule has 206 valence electrons. The normalized spacial score (nSPS) is 14.0. The molecule has 3 rings (SSSR count). The topological polar surface area (TPSA) is 9.23 Å². The van der Waals surface area contributed by atoms with Crippen molar-refractivity contribution in [2.75, 3.05) is 6.16 Å². The summed E-state index contributed by atoms with van der Waals surface area (Å²) in [5, 5.41) is 4.52. The van der Waals surface area contributed by atoms with Crippen molar-refractivity contribution in [3.05, 3.63) is 127 Å². The predicted molar refractivity (Wildman–Crippen MR) is 179 cm³/mol. The summed E-state index contributed by atoms with van der Waals surface area (Å²) in [6.07, 6.45) is 17.7. The monoisotopic (exact) mass is 555 g/mol. The first-order valence-electron chi connectivity index (χ1n) is 14.4. The van der Waals surface area contributed by atoms with Crippen LogP contribution in [0.3, 0.4) is 0 Å². The molecule has 0 aliphatic heterocycles. The summed E-state index contributed by atoms with van der Waals surface area (Å²) in [7, 11) is -3.64. The minimum Gasteiger partial charge on any atom is -0.410 e. The lowest BCUT2D eigenvalue weighted by Crippen LogP contribution is -2.43. The van der Waals surface area contributed by atoms with Crippen LogP contribution in [0.15, 0.2) is 127 Å². The SMILES string of the molecule is CC/C=C\C[C@@H](/C=C/C=C\CC[P+](c1ccccc1)(c1ccccc1)c1ccccc1)O[Si](C)(C)C(C)(C)C. The molecule has 0 spiro atoms. The molecule has 0 amide bonds. The summed E-state index contributed by atoms with van der Waals surface area (Å²) < 4.78 is 6.76. The van der Waals surface area contributed by atoms with E-state index in [2.05, 4.69) is 168 Å². The molecule has 0 saturated carbocycles. The smallest absolute Gasteiger partial charge is 0.192 e. The molecule has 0 N–H and O–H groups in total. The highest BCUT2D eigenvalue weighted by atomic mass is 31.2. The first-order chi connectivity index (χ1) is 18.7. The van der Waals surface area contributed by atoms with Crippen LogP contribution in [0.4, 0.5) is 0 Å². The zero-order valence-electron chi connectivity index (χ0n) is 24.9. The molecule has 0 fully saturated rings. The van der Waals surface area contributed by atoms with Crippen LogP contribution in [0.2, 0.25) is 18.1 Å². The molecule has 1 atom stereocenters. The van der Waals surface area contributed by atoms with Crippen molar-refractivity contribution in [3.8, 4) is 0 Å². The average molecular weight is 556 g/mol. The summed E-state index contributed by atoms with van der Waals surface area (Å²) in [5.74, 6) is 0. The van der Waals surface area contributed by atoms with Gasteiger partial charge in [-0.2, -0.15) is 0 Å². The molecule has 1 nitrogen and oxygen atoms in total. The van der Waals surface area contributed by atoms with Gasteiger partial charge in [-0.3, -0.25) is 0 Å². The van der Waals surface area contributed by atoms with Crippen LogP contribution in [-0.2, 0) is 4.43 Å². The van der Waals surface area contributed by atoms with Crippen molar-refractivity contribution < 1.29 is 4.43 Å². The lowest BCUT2D eigenvalue weighted by molar-refractivity contribution is 0.228. The highest BCUT2D eigenvalue weighted by Crippen LogP contribution is 2.55. The Morgan fingerprint density at radius 2 is 1.21 bits per heavy atom. The molecule has 3 aromatic rings. The van der Waals surface area contributed by atoms with E-state index in [1.807, 2.05) is 0 Å². The van der Waals surface area contributed by atoms with E-state index in [1.165, 1.54) is 15.9 Å². The predicted octanol–water partition coefficient (Wildman–Crippen LogP) is 9.23. The number of benzene rings is 3. The third-order valence-electron chi connectivity index (χ3n) is 7.82. The van der Waals surface area contributed by atoms with E-state index in [0.29, 0.717) is 0 Å². The summed E-state index contributed by atoms with van der Waals surface area (Å²) in [6.45, 7) is 13.8. The van der Waals surface area contributed by atoms with Crippen LogP contribution in [0, 0.1) is 0 Å². The second kappa shape index (κ2) is 14.8. The molecule has 0 aromatic heterocycles. The van der Waals surface area contributed by atoms with Gasteiger partial charge < -0.3 is 4.43 Å². The third kappa shape index (κ3) is 8.48. The summed E-state index contributed by atoms with van der Waals surface area (Å²) >= 11 is 0. The van der Waals surface area contributed by atoms with E-state index in [4.69, 9.17) is 4.43 Å². The minimum atomic E-state index is -1.85. The largest absolute Gasteiger partial charge is 0.410 e. The van der Waals surface area contributed by atoms with Crippen LogP contribution in [0.1, 0.15) is 47.0 Å². The number of rotatable bonds is 13. The van der Waals surface area contributed by atoms with Gasteiger partial charge in [0.1, 0.15) is 23.2 Å². The lowest BCUT2D eigenvalue weighted by Gasteiger charge is -2.38. The van der Waals surface area contributed by atoms with Gasteiger partial charge in [-0.25, -0.2) is 0 Å². The first kappa shape index (κ1) is 31.0. The van der Waals surface area contributed by atoms with Gasteiger partial charge in [0.25, 0.3) is 0 Å². The van der Waals surface area contributed by atoms with Crippen LogP contribution < -0.4 is 15.9 Å². The second-order valence-corrected chi connectivity index (χ2v) is 20.0. The average Bonchev–Trinajstić information content (AvgIpc) is 2.93. The van der Waals surface area contributed by atoms with E-state index in [0.717, 1.165) is 25.4 Å². The van der Waals surface area contributed by atoms with Gasteiger partial charge >= 0.3 is 0 Å². The molecule has 3 aromatic carbocycles. The maximum Gasteiger partial charge on any atom is 0.192 e. The Balaban J connectivity index is 1.84. The highest BCUT2D eigenvalue weighted by Gasteiger charge is 2.44. The molecule has 39 heavy (non-hydrogen) atoms. The highest BCUT2D eigenvalue weighted by molar-refractivity contribution is 7.95. The molecular weight excluding hydrogens is 507 g/mol. The van der Waals surface area contributed by atoms with Crippen molar-refractivity contribution in [1.29, 1.82) is 0 Å². The second-order valence-electron chi connectivity index (χ2n) is 11.7. The van der Waals surface area contributed by atoms with Crippen molar-refractivity contribution in [3.63, 3.8) is 0 Å². The molecule has 0 radical (unpaired) electrons. The Hall–Kier alpha value is -2.51. The fraction of sp³-hybridized carbons (Fsp3) is 0.333. The fourth-order valence-electron chi connectivity index (χ4n) is 4.63. The van der Waals surface area contributed by atoms with E-state index >= 15 is 0 Å². The Kier molecular flexibility index (Phi) is 11.7.